The molecule has 0 aromatic carbocycles. The van der Waals surface area contributed by atoms with Gasteiger partial charge in [0.05, 0.1) is 37.9 Å². The third-order valence-electron chi connectivity index (χ3n) is 9.08. The monoisotopic (exact) mass is 731 g/mol. The van der Waals surface area contributed by atoms with Crippen molar-refractivity contribution >= 4 is 13.7 Å². The smallest absolute Gasteiger partial charge is 0.393 e. The molecule has 0 fully saturated rings. The summed E-state index contributed by atoms with van der Waals surface area (Å²) >= 11 is 0. The van der Waals surface area contributed by atoms with Gasteiger partial charge in [-0.2, -0.15) is 0 Å². The Morgan fingerprint density at radius 1 is 0.680 bits per heavy atom. The molecule has 296 valence electrons. The molecule has 0 saturated heterocycles. The zero-order valence-corrected chi connectivity index (χ0v) is 33.1. The molecule has 0 aromatic heterocycles. The molecular formula is C40H79N2O7P. The van der Waals surface area contributed by atoms with E-state index in [1.807, 2.05) is 6.08 Å². The molecule has 0 spiro atoms. The van der Waals surface area contributed by atoms with E-state index in [9.17, 15) is 24.5 Å². The SMILES string of the molecule is CCCCCCCC/C=C\CCCCCCCC(O)CC(=O)NC(COP(=O)(O)OCCN)C(O)/C=C/CCCCCCCCCCCCC. The minimum Gasteiger partial charge on any atom is -0.393 e. The van der Waals surface area contributed by atoms with Crippen LogP contribution in [0.4, 0.5) is 0 Å². The lowest BCUT2D eigenvalue weighted by Gasteiger charge is -2.24. The number of amides is 1. The van der Waals surface area contributed by atoms with Crippen molar-refractivity contribution < 1.29 is 33.5 Å². The van der Waals surface area contributed by atoms with Crippen LogP contribution in [0.2, 0.25) is 0 Å². The number of rotatable bonds is 38. The number of unbranched alkanes of at least 4 members (excludes halogenated alkanes) is 22. The quantitative estimate of drug-likeness (QED) is 0.0239. The molecular weight excluding hydrogens is 651 g/mol. The molecule has 9 nitrogen and oxygen atoms in total. The lowest BCUT2D eigenvalue weighted by Crippen LogP contribution is -2.46. The van der Waals surface area contributed by atoms with Gasteiger partial charge >= 0.3 is 7.82 Å². The van der Waals surface area contributed by atoms with Crippen molar-refractivity contribution in [2.45, 2.75) is 205 Å². The average molecular weight is 731 g/mol. The Morgan fingerprint density at radius 2 is 1.12 bits per heavy atom. The van der Waals surface area contributed by atoms with Crippen molar-refractivity contribution in [3.8, 4) is 0 Å². The topological polar surface area (TPSA) is 151 Å². The summed E-state index contributed by atoms with van der Waals surface area (Å²) in [7, 11) is -4.39. The first kappa shape index (κ1) is 48.9. The molecule has 0 aliphatic carbocycles. The van der Waals surface area contributed by atoms with Crippen LogP contribution in [0.3, 0.4) is 0 Å². The van der Waals surface area contributed by atoms with Gasteiger partial charge in [-0.05, 0) is 44.9 Å². The van der Waals surface area contributed by atoms with Gasteiger partial charge in [-0.15, -0.1) is 0 Å². The van der Waals surface area contributed by atoms with Gasteiger partial charge in [0.2, 0.25) is 5.91 Å². The number of nitrogens with one attached hydrogen (secondary N) is 1. The minimum absolute atomic E-state index is 0.0487. The van der Waals surface area contributed by atoms with E-state index >= 15 is 0 Å². The highest BCUT2D eigenvalue weighted by Gasteiger charge is 2.27. The fourth-order valence-electron chi connectivity index (χ4n) is 5.93. The maximum absolute atomic E-state index is 12.8. The highest BCUT2D eigenvalue weighted by atomic mass is 31.2. The van der Waals surface area contributed by atoms with Crippen LogP contribution >= 0.6 is 7.82 Å². The van der Waals surface area contributed by atoms with E-state index in [0.717, 1.165) is 51.4 Å². The van der Waals surface area contributed by atoms with Crippen molar-refractivity contribution in [3.05, 3.63) is 24.3 Å². The molecule has 0 aromatic rings. The standard InChI is InChI=1S/C40H79N2O7P/c1-3-5-7-9-11-13-15-17-18-20-21-23-25-27-29-31-37(43)35-40(45)42-38(36-49-50(46,47)48-34-33-41)39(44)32-30-28-26-24-22-19-16-14-12-10-8-6-4-2/h17-18,30,32,37-39,43-44H,3-16,19-29,31,33-36,41H2,1-2H3,(H,42,45)(H,46,47)/b18-17-,32-30+. The van der Waals surface area contributed by atoms with Crippen LogP contribution < -0.4 is 11.1 Å². The Hall–Kier alpha value is -1.06. The maximum atomic E-state index is 12.8. The van der Waals surface area contributed by atoms with E-state index in [2.05, 4.69) is 31.3 Å². The summed E-state index contributed by atoms with van der Waals surface area (Å²) in [6.07, 6.45) is 36.8. The van der Waals surface area contributed by atoms with Crippen LogP contribution in [0, 0.1) is 0 Å². The second-order valence-electron chi connectivity index (χ2n) is 14.0. The lowest BCUT2D eigenvalue weighted by atomic mass is 10.0. The number of aliphatic hydroxyl groups is 2. The first-order chi connectivity index (χ1) is 24.3. The lowest BCUT2D eigenvalue weighted by molar-refractivity contribution is -0.124. The van der Waals surface area contributed by atoms with Crippen LogP contribution in [0.25, 0.3) is 0 Å². The van der Waals surface area contributed by atoms with Crippen LogP contribution in [-0.2, 0) is 18.4 Å². The van der Waals surface area contributed by atoms with Gasteiger partial charge in [0, 0.05) is 6.54 Å². The Morgan fingerprint density at radius 3 is 1.60 bits per heavy atom. The highest BCUT2D eigenvalue weighted by Crippen LogP contribution is 2.43. The molecule has 4 atom stereocenters. The number of hydrogen-bond acceptors (Lipinski definition) is 7. The number of allylic oxidation sites excluding steroid dienone is 3. The average Bonchev–Trinajstić information content (AvgIpc) is 3.09. The molecule has 4 unspecified atom stereocenters. The molecule has 50 heavy (non-hydrogen) atoms. The molecule has 10 heteroatoms. The van der Waals surface area contributed by atoms with Crippen molar-refractivity contribution in [1.29, 1.82) is 0 Å². The summed E-state index contributed by atoms with van der Waals surface area (Å²) in [5.41, 5.74) is 5.35. The zero-order valence-electron chi connectivity index (χ0n) is 32.3. The fraction of sp³-hybridized carbons (Fsp3) is 0.875. The third-order valence-corrected chi connectivity index (χ3v) is 10.1. The second-order valence-corrected chi connectivity index (χ2v) is 15.5. The van der Waals surface area contributed by atoms with Gasteiger partial charge in [0.15, 0.2) is 0 Å². The molecule has 0 bridgehead atoms. The summed E-state index contributed by atoms with van der Waals surface area (Å²) in [6.45, 7) is 3.95. The largest absolute Gasteiger partial charge is 0.472 e. The van der Waals surface area contributed by atoms with Gasteiger partial charge in [-0.3, -0.25) is 13.8 Å². The Bertz CT molecular complexity index is 858. The molecule has 0 rings (SSSR count). The second kappa shape index (κ2) is 36.3. The van der Waals surface area contributed by atoms with Gasteiger partial charge in [0.25, 0.3) is 0 Å². The first-order valence-corrected chi connectivity index (χ1v) is 22.0. The van der Waals surface area contributed by atoms with Crippen molar-refractivity contribution in [1.82, 2.24) is 5.32 Å². The number of hydrogen-bond donors (Lipinski definition) is 5. The number of carbonyl (C=O) groups is 1. The summed E-state index contributed by atoms with van der Waals surface area (Å²) in [5, 5.41) is 24.0. The third kappa shape index (κ3) is 34.0. The van der Waals surface area contributed by atoms with E-state index < -0.39 is 38.6 Å². The maximum Gasteiger partial charge on any atom is 0.472 e. The summed E-state index contributed by atoms with van der Waals surface area (Å²) in [5.74, 6) is -0.452. The van der Waals surface area contributed by atoms with E-state index in [1.165, 1.54) is 109 Å². The normalized spacial score (nSPS) is 15.1. The van der Waals surface area contributed by atoms with Gasteiger partial charge in [0.1, 0.15) is 0 Å². The number of carbonyl (C=O) groups excluding carboxylic acids is 1. The molecule has 0 aliphatic heterocycles. The molecule has 1 amide bonds. The van der Waals surface area contributed by atoms with Crippen LogP contribution in [-0.4, -0.2) is 59.0 Å². The number of nitrogens with two attached hydrogens (primary N) is 1. The first-order valence-electron chi connectivity index (χ1n) is 20.5. The predicted octanol–water partition coefficient (Wildman–Crippen LogP) is 9.97. The predicted molar refractivity (Wildman–Crippen MR) is 209 cm³/mol. The van der Waals surface area contributed by atoms with Crippen molar-refractivity contribution in [2.24, 2.45) is 5.73 Å². The number of aliphatic hydroxyl groups excluding tert-OH is 2. The molecule has 0 saturated carbocycles. The van der Waals surface area contributed by atoms with Crippen molar-refractivity contribution in [3.63, 3.8) is 0 Å². The van der Waals surface area contributed by atoms with Gasteiger partial charge in [-0.25, -0.2) is 4.57 Å². The molecule has 0 radical (unpaired) electrons. The molecule has 0 heterocycles. The number of phosphoric acid groups is 1. The Kier molecular flexibility index (Phi) is 35.5. The summed E-state index contributed by atoms with van der Waals surface area (Å²) in [4.78, 5) is 22.7. The summed E-state index contributed by atoms with van der Waals surface area (Å²) < 4.78 is 22.0. The van der Waals surface area contributed by atoms with Crippen LogP contribution in [0.5, 0.6) is 0 Å². The number of phosphoric ester groups is 1. The minimum atomic E-state index is -4.39. The van der Waals surface area contributed by atoms with E-state index in [1.54, 1.807) is 6.08 Å². The molecule has 6 N–H and O–H groups in total. The van der Waals surface area contributed by atoms with E-state index in [-0.39, 0.29) is 19.6 Å². The zero-order chi connectivity index (χ0) is 37.0. The fourth-order valence-corrected chi connectivity index (χ4v) is 6.69. The van der Waals surface area contributed by atoms with E-state index in [4.69, 9.17) is 14.8 Å². The van der Waals surface area contributed by atoms with Crippen LogP contribution in [0.1, 0.15) is 187 Å². The Balaban J connectivity index is 4.38. The summed E-state index contributed by atoms with van der Waals surface area (Å²) in [6, 6.07) is -0.981. The van der Waals surface area contributed by atoms with Crippen LogP contribution in [0.15, 0.2) is 24.3 Å². The van der Waals surface area contributed by atoms with Gasteiger partial charge in [-0.1, -0.05) is 160 Å². The van der Waals surface area contributed by atoms with Gasteiger partial charge < -0.3 is 26.2 Å². The Labute approximate surface area is 307 Å². The van der Waals surface area contributed by atoms with E-state index in [0.29, 0.717) is 6.42 Å². The van der Waals surface area contributed by atoms with Crippen molar-refractivity contribution in [2.75, 3.05) is 19.8 Å². The molecule has 0 aliphatic rings. The highest BCUT2D eigenvalue weighted by molar-refractivity contribution is 7.47.